The van der Waals surface area contributed by atoms with Crippen LogP contribution in [0.3, 0.4) is 0 Å². The van der Waals surface area contributed by atoms with E-state index in [1.165, 1.54) is 11.8 Å². The number of aryl methyl sites for hydroxylation is 2. The lowest BCUT2D eigenvalue weighted by molar-refractivity contribution is 0.0951. The van der Waals surface area contributed by atoms with Crippen LogP contribution in [0.25, 0.3) is 0 Å². The van der Waals surface area contributed by atoms with Gasteiger partial charge in [-0.25, -0.2) is 0 Å². The van der Waals surface area contributed by atoms with E-state index in [9.17, 15) is 4.79 Å². The van der Waals surface area contributed by atoms with E-state index < -0.39 is 0 Å². The lowest BCUT2D eigenvalue weighted by atomic mass is 10.2. The number of carbonyl (C=O) groups excluding carboxylic acids is 1. The predicted molar refractivity (Wildman–Crippen MR) is 77.0 cm³/mol. The Morgan fingerprint density at radius 1 is 1.47 bits per heavy atom. The lowest BCUT2D eigenvalue weighted by Crippen LogP contribution is -2.25. The summed E-state index contributed by atoms with van der Waals surface area (Å²) in [6.45, 7) is 4.38. The maximum atomic E-state index is 12.1. The van der Waals surface area contributed by atoms with Crippen molar-refractivity contribution in [2.75, 3.05) is 5.43 Å². The highest BCUT2D eigenvalue weighted by Gasteiger charge is 2.12. The summed E-state index contributed by atoms with van der Waals surface area (Å²) < 4.78 is 0. The first-order valence-electron chi connectivity index (χ1n) is 5.86. The molecule has 0 atom stereocenters. The molecule has 0 bridgehead atoms. The summed E-state index contributed by atoms with van der Waals surface area (Å²) in [4.78, 5) is 17.4. The van der Waals surface area contributed by atoms with Crippen molar-refractivity contribution in [1.82, 2.24) is 10.3 Å². The second-order valence-electron chi connectivity index (χ2n) is 4.23. The van der Waals surface area contributed by atoms with E-state index in [2.05, 4.69) is 15.7 Å². The van der Waals surface area contributed by atoms with Crippen LogP contribution < -0.4 is 16.6 Å². The molecule has 2 heterocycles. The van der Waals surface area contributed by atoms with Crippen LogP contribution in [-0.4, -0.2) is 10.9 Å². The molecule has 2 aromatic rings. The minimum absolute atomic E-state index is 0.187. The molecule has 0 aliphatic rings. The van der Waals surface area contributed by atoms with Crippen molar-refractivity contribution in [3.63, 3.8) is 0 Å². The summed E-state index contributed by atoms with van der Waals surface area (Å²) in [5, 5.41) is 4.88. The molecule has 0 saturated carbocycles. The first kappa shape index (κ1) is 13.5. The molecule has 19 heavy (non-hydrogen) atoms. The van der Waals surface area contributed by atoms with Gasteiger partial charge in [0.15, 0.2) is 0 Å². The second-order valence-corrected chi connectivity index (χ2v) is 5.23. The highest BCUT2D eigenvalue weighted by molar-refractivity contribution is 7.10. The van der Waals surface area contributed by atoms with E-state index in [-0.39, 0.29) is 5.91 Å². The molecular formula is C13H16N4OS. The van der Waals surface area contributed by atoms with Gasteiger partial charge in [0.2, 0.25) is 0 Å². The molecule has 0 saturated heterocycles. The number of rotatable bonds is 4. The van der Waals surface area contributed by atoms with Crippen molar-refractivity contribution in [2.24, 2.45) is 5.84 Å². The molecular weight excluding hydrogens is 260 g/mol. The highest BCUT2D eigenvalue weighted by Crippen LogP contribution is 2.17. The van der Waals surface area contributed by atoms with Crippen LogP contribution in [0.2, 0.25) is 0 Å². The standard InChI is InChI=1S/C13H16N4OS/c1-8-3-4-19-12(8)7-16-13(18)10-6-15-9(2)5-11(10)17-14/h3-6H,7,14H2,1-2H3,(H,15,17)(H,16,18). The zero-order valence-electron chi connectivity index (χ0n) is 10.9. The third-order valence-corrected chi connectivity index (χ3v) is 3.84. The third kappa shape index (κ3) is 3.10. The zero-order valence-corrected chi connectivity index (χ0v) is 11.7. The molecule has 0 fully saturated rings. The minimum Gasteiger partial charge on any atom is -0.347 e. The van der Waals surface area contributed by atoms with Crippen molar-refractivity contribution in [1.29, 1.82) is 0 Å². The van der Waals surface area contributed by atoms with E-state index in [1.54, 1.807) is 17.4 Å². The Kier molecular flexibility index (Phi) is 4.13. The van der Waals surface area contributed by atoms with E-state index >= 15 is 0 Å². The number of nitrogens with one attached hydrogen (secondary N) is 2. The molecule has 0 unspecified atom stereocenters. The molecule has 5 nitrogen and oxygen atoms in total. The number of nitrogen functional groups attached to an aromatic ring is 1. The quantitative estimate of drug-likeness (QED) is 0.589. The number of anilines is 1. The fraction of sp³-hybridized carbons (Fsp3) is 0.231. The Bertz CT molecular complexity index is 594. The number of carbonyl (C=O) groups is 1. The Hall–Kier alpha value is -1.92. The van der Waals surface area contributed by atoms with E-state index in [0.29, 0.717) is 17.8 Å². The van der Waals surface area contributed by atoms with Crippen molar-refractivity contribution in [3.8, 4) is 0 Å². The van der Waals surface area contributed by atoms with Gasteiger partial charge in [-0.3, -0.25) is 15.6 Å². The Morgan fingerprint density at radius 2 is 2.26 bits per heavy atom. The molecule has 0 spiro atoms. The van der Waals surface area contributed by atoms with Crippen molar-refractivity contribution >= 4 is 22.9 Å². The van der Waals surface area contributed by atoms with Crippen molar-refractivity contribution in [3.05, 3.63) is 45.4 Å². The van der Waals surface area contributed by atoms with Gasteiger partial charge in [0, 0.05) is 16.8 Å². The minimum atomic E-state index is -0.187. The van der Waals surface area contributed by atoms with Crippen LogP contribution in [0, 0.1) is 13.8 Å². The number of hydrazine groups is 1. The van der Waals surface area contributed by atoms with Gasteiger partial charge >= 0.3 is 0 Å². The van der Waals surface area contributed by atoms with Crippen LogP contribution in [0.1, 0.15) is 26.5 Å². The average molecular weight is 276 g/mol. The average Bonchev–Trinajstić information content (AvgIpc) is 2.81. The van der Waals surface area contributed by atoms with Crippen LogP contribution in [0.5, 0.6) is 0 Å². The number of amides is 1. The molecule has 0 aromatic carbocycles. The van der Waals surface area contributed by atoms with Crippen LogP contribution in [-0.2, 0) is 6.54 Å². The Morgan fingerprint density at radius 3 is 2.89 bits per heavy atom. The van der Waals surface area contributed by atoms with E-state index in [0.717, 1.165) is 10.6 Å². The van der Waals surface area contributed by atoms with Crippen LogP contribution in [0.15, 0.2) is 23.7 Å². The number of hydrogen-bond acceptors (Lipinski definition) is 5. The van der Waals surface area contributed by atoms with Crippen molar-refractivity contribution < 1.29 is 4.79 Å². The first-order valence-corrected chi connectivity index (χ1v) is 6.74. The molecule has 0 radical (unpaired) electrons. The SMILES string of the molecule is Cc1cc(NN)c(C(=O)NCc2sccc2C)cn1. The largest absolute Gasteiger partial charge is 0.347 e. The maximum Gasteiger partial charge on any atom is 0.255 e. The normalized spacial score (nSPS) is 10.3. The molecule has 2 rings (SSSR count). The number of thiophene rings is 1. The molecule has 0 aliphatic heterocycles. The number of hydrogen-bond donors (Lipinski definition) is 3. The summed E-state index contributed by atoms with van der Waals surface area (Å²) >= 11 is 1.63. The Balaban J connectivity index is 2.10. The van der Waals surface area contributed by atoms with Gasteiger partial charge in [0.1, 0.15) is 0 Å². The van der Waals surface area contributed by atoms with Gasteiger partial charge in [-0.05, 0) is 36.9 Å². The monoisotopic (exact) mass is 276 g/mol. The smallest absolute Gasteiger partial charge is 0.255 e. The topological polar surface area (TPSA) is 80.0 Å². The van der Waals surface area contributed by atoms with E-state index in [4.69, 9.17) is 5.84 Å². The highest BCUT2D eigenvalue weighted by atomic mass is 32.1. The summed E-state index contributed by atoms with van der Waals surface area (Å²) in [5.74, 6) is 5.23. The lowest BCUT2D eigenvalue weighted by Gasteiger charge is -2.09. The fourth-order valence-corrected chi connectivity index (χ4v) is 2.55. The van der Waals surface area contributed by atoms with Gasteiger partial charge in [0.05, 0.1) is 17.8 Å². The molecule has 0 aliphatic carbocycles. The first-order chi connectivity index (χ1) is 9.11. The number of nitrogens with two attached hydrogens (primary N) is 1. The predicted octanol–water partition coefficient (Wildman–Crippen LogP) is 1.98. The summed E-state index contributed by atoms with van der Waals surface area (Å²) in [6.07, 6.45) is 1.53. The molecule has 1 amide bonds. The maximum absolute atomic E-state index is 12.1. The summed E-state index contributed by atoms with van der Waals surface area (Å²) in [5.41, 5.74) is 5.54. The number of nitrogens with zero attached hydrogens (tertiary/aromatic N) is 1. The van der Waals surface area contributed by atoms with Gasteiger partial charge in [-0.1, -0.05) is 0 Å². The van der Waals surface area contributed by atoms with Gasteiger partial charge < -0.3 is 10.7 Å². The summed E-state index contributed by atoms with van der Waals surface area (Å²) in [7, 11) is 0. The fourth-order valence-electron chi connectivity index (χ4n) is 1.70. The number of pyridine rings is 1. The zero-order chi connectivity index (χ0) is 13.8. The molecule has 100 valence electrons. The van der Waals surface area contributed by atoms with Gasteiger partial charge in [-0.2, -0.15) is 0 Å². The van der Waals surface area contributed by atoms with E-state index in [1.807, 2.05) is 25.3 Å². The molecule has 4 N–H and O–H groups in total. The van der Waals surface area contributed by atoms with Crippen molar-refractivity contribution in [2.45, 2.75) is 20.4 Å². The number of aromatic nitrogens is 1. The van der Waals surface area contributed by atoms with Gasteiger partial charge in [0.25, 0.3) is 5.91 Å². The van der Waals surface area contributed by atoms with Crippen LogP contribution in [0.4, 0.5) is 5.69 Å². The van der Waals surface area contributed by atoms with Crippen LogP contribution >= 0.6 is 11.3 Å². The Labute approximate surface area is 115 Å². The molecule has 2 aromatic heterocycles. The summed E-state index contributed by atoms with van der Waals surface area (Å²) in [6, 6.07) is 3.78. The third-order valence-electron chi connectivity index (χ3n) is 2.82. The second kappa shape index (κ2) is 5.81. The van der Waals surface area contributed by atoms with Gasteiger partial charge in [-0.15, -0.1) is 11.3 Å². The molecule has 6 heteroatoms.